The van der Waals surface area contributed by atoms with Crippen LogP contribution in [0.25, 0.3) is 11.3 Å². The molecule has 4 atom stereocenters. The molecule has 0 amide bonds. The molecule has 4 nitrogen and oxygen atoms in total. The summed E-state index contributed by atoms with van der Waals surface area (Å²) in [6.45, 7) is 0.289. The Morgan fingerprint density at radius 1 is 1.17 bits per heavy atom. The topological polar surface area (TPSA) is 58.3 Å². The predicted molar refractivity (Wildman–Crippen MR) is 93.6 cm³/mol. The van der Waals surface area contributed by atoms with Gasteiger partial charge in [-0.2, -0.15) is 0 Å². The first-order valence-corrected chi connectivity index (χ1v) is 9.18. The largest absolute Gasteiger partial charge is 0.396 e. The SMILES string of the molecule is OCC1CCCC([C@H](O)CC2c3ccccc3-c3cncn32)CC1. The summed E-state index contributed by atoms with van der Waals surface area (Å²) in [5.41, 5.74) is 3.70. The van der Waals surface area contributed by atoms with Gasteiger partial charge in [0.15, 0.2) is 0 Å². The zero-order chi connectivity index (χ0) is 16.5. The van der Waals surface area contributed by atoms with Gasteiger partial charge in [-0.1, -0.05) is 30.7 Å². The molecule has 4 heteroatoms. The maximum absolute atomic E-state index is 10.9. The molecule has 3 unspecified atom stereocenters. The number of benzene rings is 1. The molecule has 128 valence electrons. The monoisotopic (exact) mass is 326 g/mol. The van der Waals surface area contributed by atoms with Crippen LogP contribution in [0.3, 0.4) is 0 Å². The van der Waals surface area contributed by atoms with Crippen molar-refractivity contribution in [2.75, 3.05) is 6.61 Å². The van der Waals surface area contributed by atoms with Gasteiger partial charge < -0.3 is 14.8 Å². The lowest BCUT2D eigenvalue weighted by Crippen LogP contribution is -2.24. The third kappa shape index (κ3) is 2.78. The predicted octanol–water partition coefficient (Wildman–Crippen LogP) is 3.39. The fourth-order valence-corrected chi connectivity index (χ4v) is 4.57. The summed E-state index contributed by atoms with van der Waals surface area (Å²) in [5.74, 6) is 0.774. The van der Waals surface area contributed by atoms with Gasteiger partial charge in [0, 0.05) is 12.2 Å². The van der Waals surface area contributed by atoms with E-state index in [0.29, 0.717) is 11.8 Å². The van der Waals surface area contributed by atoms with Crippen molar-refractivity contribution in [3.63, 3.8) is 0 Å². The standard InChI is InChI=1S/C20H26N2O2/c23-12-14-4-3-5-15(9-8-14)20(24)10-18-16-6-1-2-7-17(16)19-11-21-13-22(18)19/h1-2,6-7,11,13-15,18,20,23-24H,3-5,8-10,12H2/t14?,15?,18?,20-/m1/s1. The highest BCUT2D eigenvalue weighted by Gasteiger charge is 2.32. The van der Waals surface area contributed by atoms with Crippen LogP contribution in [0.2, 0.25) is 0 Å². The van der Waals surface area contributed by atoms with Crippen LogP contribution in [0.5, 0.6) is 0 Å². The Hall–Kier alpha value is -1.65. The molecule has 2 aliphatic rings. The molecule has 1 aromatic carbocycles. The molecule has 0 saturated heterocycles. The van der Waals surface area contributed by atoms with Gasteiger partial charge in [0.1, 0.15) is 0 Å². The van der Waals surface area contributed by atoms with Crippen molar-refractivity contribution < 1.29 is 10.2 Å². The normalized spacial score (nSPS) is 27.3. The Morgan fingerprint density at radius 2 is 2.04 bits per heavy atom. The number of aliphatic hydroxyl groups excluding tert-OH is 2. The Balaban J connectivity index is 1.51. The van der Waals surface area contributed by atoms with E-state index in [4.69, 9.17) is 0 Å². The van der Waals surface area contributed by atoms with Crippen molar-refractivity contribution in [1.29, 1.82) is 0 Å². The Labute approximate surface area is 143 Å². The van der Waals surface area contributed by atoms with Crippen LogP contribution in [-0.2, 0) is 0 Å². The van der Waals surface area contributed by atoms with Gasteiger partial charge in [0.25, 0.3) is 0 Å². The van der Waals surface area contributed by atoms with Gasteiger partial charge in [-0.15, -0.1) is 0 Å². The molecular weight excluding hydrogens is 300 g/mol. The molecule has 24 heavy (non-hydrogen) atoms. The molecule has 1 saturated carbocycles. The molecule has 0 radical (unpaired) electrons. The molecule has 0 bridgehead atoms. The minimum Gasteiger partial charge on any atom is -0.396 e. The van der Waals surface area contributed by atoms with Crippen molar-refractivity contribution in [1.82, 2.24) is 9.55 Å². The summed E-state index contributed by atoms with van der Waals surface area (Å²) < 4.78 is 2.21. The lowest BCUT2D eigenvalue weighted by atomic mass is 9.88. The minimum atomic E-state index is -0.297. The van der Waals surface area contributed by atoms with E-state index < -0.39 is 0 Å². The van der Waals surface area contributed by atoms with Crippen LogP contribution < -0.4 is 0 Å². The van der Waals surface area contributed by atoms with Gasteiger partial charge in [-0.05, 0) is 49.5 Å². The summed E-state index contributed by atoms with van der Waals surface area (Å²) >= 11 is 0. The maximum Gasteiger partial charge on any atom is 0.0956 e. The average molecular weight is 326 g/mol. The van der Waals surface area contributed by atoms with Crippen molar-refractivity contribution in [2.24, 2.45) is 11.8 Å². The lowest BCUT2D eigenvalue weighted by Gasteiger charge is -2.25. The molecule has 4 rings (SSSR count). The highest BCUT2D eigenvalue weighted by Crippen LogP contribution is 2.42. The first-order chi connectivity index (χ1) is 11.8. The van der Waals surface area contributed by atoms with E-state index in [-0.39, 0.29) is 18.8 Å². The number of aliphatic hydroxyl groups is 2. The summed E-state index contributed by atoms with van der Waals surface area (Å²) in [6.07, 6.45) is 9.60. The molecule has 1 aliphatic heterocycles. The molecule has 1 aromatic heterocycles. The first-order valence-electron chi connectivity index (χ1n) is 9.18. The van der Waals surface area contributed by atoms with Gasteiger partial charge in [-0.25, -0.2) is 4.98 Å². The molecule has 2 aromatic rings. The van der Waals surface area contributed by atoms with Crippen molar-refractivity contribution in [2.45, 2.75) is 50.7 Å². The number of aromatic nitrogens is 2. The smallest absolute Gasteiger partial charge is 0.0956 e. The summed E-state index contributed by atoms with van der Waals surface area (Å²) in [4.78, 5) is 4.30. The molecular formula is C20H26N2O2. The highest BCUT2D eigenvalue weighted by molar-refractivity contribution is 5.68. The second kappa shape index (κ2) is 6.69. The molecule has 1 fully saturated rings. The Kier molecular flexibility index (Phi) is 4.42. The Bertz CT molecular complexity index is 696. The number of hydrogen-bond acceptors (Lipinski definition) is 3. The minimum absolute atomic E-state index is 0.186. The van der Waals surface area contributed by atoms with Crippen molar-refractivity contribution in [3.8, 4) is 11.3 Å². The summed E-state index contributed by atoms with van der Waals surface area (Å²) in [7, 11) is 0. The van der Waals surface area contributed by atoms with E-state index in [2.05, 4.69) is 33.8 Å². The quantitative estimate of drug-likeness (QED) is 0.847. The van der Waals surface area contributed by atoms with Crippen LogP contribution in [0.1, 0.15) is 50.1 Å². The second-order valence-electron chi connectivity index (χ2n) is 7.41. The van der Waals surface area contributed by atoms with Crippen molar-refractivity contribution >= 4 is 0 Å². The van der Waals surface area contributed by atoms with Crippen LogP contribution in [0.4, 0.5) is 0 Å². The molecule has 0 spiro atoms. The number of imidazole rings is 1. The van der Waals surface area contributed by atoms with Crippen LogP contribution in [0.15, 0.2) is 36.8 Å². The third-order valence-electron chi connectivity index (χ3n) is 6.00. The van der Waals surface area contributed by atoms with Gasteiger partial charge in [-0.3, -0.25) is 0 Å². The highest BCUT2D eigenvalue weighted by atomic mass is 16.3. The van der Waals surface area contributed by atoms with Crippen LogP contribution >= 0.6 is 0 Å². The zero-order valence-corrected chi connectivity index (χ0v) is 14.0. The van der Waals surface area contributed by atoms with E-state index in [9.17, 15) is 10.2 Å². The summed E-state index contributed by atoms with van der Waals surface area (Å²) in [5, 5.41) is 20.3. The zero-order valence-electron chi connectivity index (χ0n) is 14.0. The molecule has 2 N–H and O–H groups in total. The van der Waals surface area contributed by atoms with Gasteiger partial charge >= 0.3 is 0 Å². The van der Waals surface area contributed by atoms with Crippen molar-refractivity contribution in [3.05, 3.63) is 42.4 Å². The van der Waals surface area contributed by atoms with E-state index in [1.54, 1.807) is 0 Å². The summed E-state index contributed by atoms with van der Waals surface area (Å²) in [6, 6.07) is 8.65. The van der Waals surface area contributed by atoms with Gasteiger partial charge in [0.05, 0.1) is 30.4 Å². The molecule has 2 heterocycles. The number of nitrogens with zero attached hydrogens (tertiary/aromatic N) is 2. The van der Waals surface area contributed by atoms with Gasteiger partial charge in [0.2, 0.25) is 0 Å². The first kappa shape index (κ1) is 15.9. The fourth-order valence-electron chi connectivity index (χ4n) is 4.57. The average Bonchev–Trinajstić information content (AvgIpc) is 3.09. The van der Waals surface area contributed by atoms with E-state index in [1.807, 2.05) is 12.5 Å². The van der Waals surface area contributed by atoms with E-state index in [1.165, 1.54) is 11.1 Å². The fraction of sp³-hybridized carbons (Fsp3) is 0.550. The third-order valence-corrected chi connectivity index (χ3v) is 6.00. The van der Waals surface area contributed by atoms with Crippen LogP contribution in [-0.4, -0.2) is 32.5 Å². The van der Waals surface area contributed by atoms with E-state index in [0.717, 1.165) is 44.2 Å². The van der Waals surface area contributed by atoms with E-state index >= 15 is 0 Å². The maximum atomic E-state index is 10.9. The Morgan fingerprint density at radius 3 is 2.92 bits per heavy atom. The number of fused-ring (bicyclic) bond motifs is 3. The number of hydrogen-bond donors (Lipinski definition) is 2. The molecule has 1 aliphatic carbocycles. The lowest BCUT2D eigenvalue weighted by molar-refractivity contribution is 0.0793. The second-order valence-corrected chi connectivity index (χ2v) is 7.41. The van der Waals surface area contributed by atoms with Crippen LogP contribution in [0, 0.1) is 11.8 Å². The number of rotatable bonds is 4.